The van der Waals surface area contributed by atoms with Crippen LogP contribution >= 0.6 is 0 Å². The average molecular weight is 283 g/mol. The van der Waals surface area contributed by atoms with E-state index in [1.54, 1.807) is 17.1 Å². The maximum atomic E-state index is 11.7. The van der Waals surface area contributed by atoms with Gasteiger partial charge in [0.1, 0.15) is 25.3 Å². The van der Waals surface area contributed by atoms with Gasteiger partial charge in [-0.1, -0.05) is 13.8 Å². The molecule has 0 atom stereocenters. The number of hydrogen-bond acceptors (Lipinski definition) is 5. The fourth-order valence-corrected chi connectivity index (χ4v) is 1.69. The summed E-state index contributed by atoms with van der Waals surface area (Å²) in [6.45, 7) is 3.95. The molecule has 2 heterocycles. The van der Waals surface area contributed by atoms with Crippen LogP contribution in [0.25, 0.3) is 5.70 Å². The van der Waals surface area contributed by atoms with Gasteiger partial charge < -0.3 is 0 Å². The van der Waals surface area contributed by atoms with Gasteiger partial charge in [-0.2, -0.15) is 10.2 Å². The molecule has 20 heavy (non-hydrogen) atoms. The Labute approximate surface area is 139 Å². The summed E-state index contributed by atoms with van der Waals surface area (Å²) in [5, 5.41) is 9.99. The molecule has 2 aromatic heterocycles. The Hall–Kier alpha value is -1.31. The van der Waals surface area contributed by atoms with Gasteiger partial charge in [0.2, 0.25) is 0 Å². The van der Waals surface area contributed by atoms with Crippen molar-refractivity contribution in [1.29, 1.82) is 0 Å². The minimum atomic E-state index is -0.218. The SMILES string of the molecule is CC1(C)CCC(n2cncn2)=CC1=O.[Na].c1nc[nH]n1. The number of H-pyrrole nitrogens is 1. The van der Waals surface area contributed by atoms with E-state index in [2.05, 4.69) is 25.3 Å². The van der Waals surface area contributed by atoms with E-state index in [4.69, 9.17) is 0 Å². The van der Waals surface area contributed by atoms with Crippen LogP contribution in [0.4, 0.5) is 0 Å². The minimum absolute atomic E-state index is 0. The topological polar surface area (TPSA) is 89.4 Å². The zero-order valence-corrected chi connectivity index (χ0v) is 13.9. The Morgan fingerprint density at radius 2 is 2.10 bits per heavy atom. The van der Waals surface area contributed by atoms with Crippen LogP contribution in [0.3, 0.4) is 0 Å². The van der Waals surface area contributed by atoms with Gasteiger partial charge in [0, 0.05) is 46.7 Å². The standard InChI is InChI=1S/C10H13N3O.C2H3N3.Na/c1-10(2)4-3-8(5-9(10)14)13-7-11-6-12-13;1-3-2-5-4-1;/h5-7H,3-4H2,1-2H3;1-2H,(H,3,4,5);. The molecule has 8 heteroatoms. The third-order valence-electron chi connectivity index (χ3n) is 3.02. The van der Waals surface area contributed by atoms with E-state index in [1.807, 2.05) is 13.8 Å². The second-order valence-electron chi connectivity index (χ2n) is 4.88. The number of carbonyl (C=O) groups is 1. The van der Waals surface area contributed by atoms with Crippen LogP contribution < -0.4 is 0 Å². The van der Waals surface area contributed by atoms with Gasteiger partial charge in [-0.15, -0.1) is 0 Å². The van der Waals surface area contributed by atoms with Crippen LogP contribution in [0.1, 0.15) is 26.7 Å². The Balaban J connectivity index is 0.000000283. The maximum Gasteiger partial charge on any atom is 0.163 e. The van der Waals surface area contributed by atoms with Crippen molar-refractivity contribution in [2.45, 2.75) is 26.7 Å². The van der Waals surface area contributed by atoms with Crippen molar-refractivity contribution in [2.24, 2.45) is 5.41 Å². The number of aromatic nitrogens is 6. The Bertz CT molecular complexity index is 529. The number of carbonyl (C=O) groups excluding carboxylic acids is 1. The van der Waals surface area contributed by atoms with Crippen molar-refractivity contribution < 1.29 is 4.79 Å². The molecule has 0 fully saturated rings. The van der Waals surface area contributed by atoms with Crippen molar-refractivity contribution >= 4 is 41.0 Å². The summed E-state index contributed by atoms with van der Waals surface area (Å²) in [5.41, 5.74) is 0.719. The molecule has 0 amide bonds. The summed E-state index contributed by atoms with van der Waals surface area (Å²) < 4.78 is 1.66. The molecule has 0 spiro atoms. The van der Waals surface area contributed by atoms with Gasteiger partial charge in [-0.05, 0) is 12.8 Å². The first-order valence-corrected chi connectivity index (χ1v) is 5.98. The maximum absolute atomic E-state index is 11.7. The van der Waals surface area contributed by atoms with Crippen molar-refractivity contribution in [3.05, 3.63) is 31.4 Å². The van der Waals surface area contributed by atoms with Crippen LogP contribution in [0.15, 0.2) is 31.4 Å². The number of aromatic amines is 1. The van der Waals surface area contributed by atoms with E-state index in [-0.39, 0.29) is 40.8 Å². The van der Waals surface area contributed by atoms with Gasteiger partial charge in [0.25, 0.3) is 0 Å². The number of hydrogen-bond donors (Lipinski definition) is 1. The molecule has 1 aliphatic carbocycles. The number of nitrogens with zero attached hydrogens (tertiary/aromatic N) is 5. The van der Waals surface area contributed by atoms with Gasteiger partial charge in [-0.25, -0.2) is 14.6 Å². The third kappa shape index (κ3) is 4.36. The monoisotopic (exact) mass is 283 g/mol. The summed E-state index contributed by atoms with van der Waals surface area (Å²) in [5.74, 6) is 0.175. The van der Waals surface area contributed by atoms with Crippen LogP contribution in [-0.2, 0) is 4.79 Å². The Kier molecular flexibility index (Phi) is 6.25. The predicted octanol–water partition coefficient (Wildman–Crippen LogP) is 0.932. The molecule has 3 rings (SSSR count). The van der Waals surface area contributed by atoms with Gasteiger partial charge in [0.05, 0.1) is 0 Å². The van der Waals surface area contributed by atoms with Crippen LogP contribution in [0.5, 0.6) is 0 Å². The van der Waals surface area contributed by atoms with E-state index in [9.17, 15) is 4.79 Å². The van der Waals surface area contributed by atoms with E-state index in [1.165, 1.54) is 19.0 Å². The molecule has 0 aromatic carbocycles. The second-order valence-corrected chi connectivity index (χ2v) is 4.88. The van der Waals surface area contributed by atoms with Crippen molar-refractivity contribution in [1.82, 2.24) is 29.9 Å². The quantitative estimate of drug-likeness (QED) is 0.786. The molecule has 7 nitrogen and oxygen atoms in total. The van der Waals surface area contributed by atoms with Crippen LogP contribution in [0.2, 0.25) is 0 Å². The average Bonchev–Trinajstić information content (AvgIpc) is 3.06. The molecule has 0 aliphatic heterocycles. The molecule has 1 radical (unpaired) electrons. The van der Waals surface area contributed by atoms with Crippen LogP contribution in [-0.4, -0.2) is 65.3 Å². The molecule has 2 aromatic rings. The fourth-order valence-electron chi connectivity index (χ4n) is 1.69. The number of rotatable bonds is 1. The van der Waals surface area contributed by atoms with E-state index >= 15 is 0 Å². The van der Waals surface area contributed by atoms with E-state index in [0.29, 0.717) is 0 Å². The summed E-state index contributed by atoms with van der Waals surface area (Å²) >= 11 is 0. The first-order chi connectivity index (χ1) is 9.09. The zero-order valence-electron chi connectivity index (χ0n) is 11.9. The molecule has 0 bridgehead atoms. The molecule has 0 saturated heterocycles. The molecule has 101 valence electrons. The smallest absolute Gasteiger partial charge is 0.163 e. The second kappa shape index (κ2) is 7.47. The minimum Gasteiger partial charge on any atom is -0.294 e. The Morgan fingerprint density at radius 1 is 1.30 bits per heavy atom. The first kappa shape index (κ1) is 16.7. The predicted molar refractivity (Wildman–Crippen MR) is 74.5 cm³/mol. The molecule has 0 unspecified atom stereocenters. The van der Waals surface area contributed by atoms with E-state index in [0.717, 1.165) is 18.5 Å². The van der Waals surface area contributed by atoms with Gasteiger partial charge >= 0.3 is 0 Å². The molecular formula is C12H16N6NaO. The number of allylic oxidation sites excluding steroid dienone is 2. The summed E-state index contributed by atoms with van der Waals surface area (Å²) in [4.78, 5) is 19.1. The van der Waals surface area contributed by atoms with Crippen LogP contribution in [0, 0.1) is 5.41 Å². The van der Waals surface area contributed by atoms with Gasteiger partial charge in [0.15, 0.2) is 5.78 Å². The summed E-state index contributed by atoms with van der Waals surface area (Å²) in [6, 6.07) is 0. The molecular weight excluding hydrogens is 267 g/mol. The largest absolute Gasteiger partial charge is 0.294 e. The normalized spacial score (nSPS) is 16.5. The molecule has 1 aliphatic rings. The first-order valence-electron chi connectivity index (χ1n) is 5.98. The number of nitrogens with one attached hydrogen (secondary N) is 1. The van der Waals surface area contributed by atoms with Crippen molar-refractivity contribution in [3.63, 3.8) is 0 Å². The molecule has 0 saturated carbocycles. The van der Waals surface area contributed by atoms with Crippen molar-refractivity contribution in [3.8, 4) is 0 Å². The Morgan fingerprint density at radius 3 is 2.55 bits per heavy atom. The van der Waals surface area contributed by atoms with Gasteiger partial charge in [-0.3, -0.25) is 9.89 Å². The fraction of sp³-hybridized carbons (Fsp3) is 0.417. The molecule has 1 N–H and O–H groups in total. The van der Waals surface area contributed by atoms with Crippen molar-refractivity contribution in [2.75, 3.05) is 0 Å². The van der Waals surface area contributed by atoms with E-state index < -0.39 is 0 Å². The number of ketones is 1. The zero-order chi connectivity index (χ0) is 13.7. The summed E-state index contributed by atoms with van der Waals surface area (Å²) in [7, 11) is 0. The third-order valence-corrected chi connectivity index (χ3v) is 3.02. The summed E-state index contributed by atoms with van der Waals surface area (Å²) in [6.07, 6.45) is 9.49.